The van der Waals surface area contributed by atoms with Crippen LogP contribution in [-0.4, -0.2) is 15.5 Å². The Kier molecular flexibility index (Phi) is 2.44. The Hall–Kier alpha value is -2.89. The summed E-state index contributed by atoms with van der Waals surface area (Å²) >= 11 is 0. The first kappa shape index (κ1) is 11.9. The number of nitrogens with one attached hydrogen (secondary N) is 1. The van der Waals surface area contributed by atoms with Crippen LogP contribution in [0, 0.1) is 5.82 Å². The molecule has 0 saturated carbocycles. The third kappa shape index (κ3) is 1.76. The van der Waals surface area contributed by atoms with Gasteiger partial charge in [-0.2, -0.15) is 0 Å². The second kappa shape index (κ2) is 4.31. The minimum atomic E-state index is -0.560. The molecule has 0 radical (unpaired) electrons. The quantitative estimate of drug-likeness (QED) is 0.720. The van der Waals surface area contributed by atoms with Gasteiger partial charge in [-0.3, -0.25) is 9.88 Å². The summed E-state index contributed by atoms with van der Waals surface area (Å²) in [6, 6.07) is 14.2. The largest absolute Gasteiger partial charge is 0.370 e. The number of guanidine groups is 1. The van der Waals surface area contributed by atoms with E-state index in [4.69, 9.17) is 5.73 Å². The van der Waals surface area contributed by atoms with Crippen molar-refractivity contribution in [2.24, 2.45) is 10.7 Å². The molecule has 0 aliphatic carbocycles. The van der Waals surface area contributed by atoms with Crippen LogP contribution in [0.4, 0.5) is 10.3 Å². The van der Waals surface area contributed by atoms with Gasteiger partial charge in [0.25, 0.3) is 0 Å². The van der Waals surface area contributed by atoms with Crippen molar-refractivity contribution in [3.63, 3.8) is 0 Å². The Morgan fingerprint density at radius 1 is 1.10 bits per heavy atom. The predicted molar refractivity (Wildman–Crippen MR) is 79.5 cm³/mol. The van der Waals surface area contributed by atoms with E-state index in [0.717, 1.165) is 11.0 Å². The molecule has 3 N–H and O–H groups in total. The van der Waals surface area contributed by atoms with Gasteiger partial charge in [-0.05, 0) is 18.2 Å². The normalized spacial score (nSPS) is 17.2. The maximum Gasteiger partial charge on any atom is 0.212 e. The fourth-order valence-corrected chi connectivity index (χ4v) is 2.61. The summed E-state index contributed by atoms with van der Waals surface area (Å²) in [5, 5.41) is 2.93. The van der Waals surface area contributed by atoms with E-state index in [1.807, 2.05) is 28.8 Å². The number of fused-ring (bicyclic) bond motifs is 3. The van der Waals surface area contributed by atoms with E-state index in [1.54, 1.807) is 18.2 Å². The molecule has 2 aromatic carbocycles. The van der Waals surface area contributed by atoms with E-state index in [0.29, 0.717) is 11.5 Å². The van der Waals surface area contributed by atoms with Crippen LogP contribution in [-0.2, 0) is 0 Å². The number of anilines is 1. The van der Waals surface area contributed by atoms with Crippen molar-refractivity contribution in [2.75, 3.05) is 5.32 Å². The monoisotopic (exact) mass is 281 g/mol. The number of nitrogens with zero attached hydrogens (tertiary/aromatic N) is 3. The summed E-state index contributed by atoms with van der Waals surface area (Å²) in [7, 11) is 0. The van der Waals surface area contributed by atoms with E-state index in [9.17, 15) is 4.39 Å². The maximum atomic E-state index is 14.1. The van der Waals surface area contributed by atoms with Gasteiger partial charge in [0.2, 0.25) is 5.95 Å². The van der Waals surface area contributed by atoms with E-state index in [1.165, 1.54) is 6.07 Å². The number of hydrogen-bond acceptors (Lipinski definition) is 4. The van der Waals surface area contributed by atoms with Gasteiger partial charge in [0.05, 0.1) is 11.0 Å². The SMILES string of the molecule is NC1=N[C@H](c2ccccc2F)n2c(nc3ccccc32)N1. The lowest BCUT2D eigenvalue weighted by Gasteiger charge is -2.24. The van der Waals surface area contributed by atoms with Gasteiger partial charge >= 0.3 is 0 Å². The molecule has 0 unspecified atom stereocenters. The Balaban J connectivity index is 2.00. The zero-order chi connectivity index (χ0) is 14.4. The number of nitrogens with two attached hydrogens (primary N) is 1. The number of aliphatic imine (C=N–C) groups is 1. The third-order valence-electron chi connectivity index (χ3n) is 3.53. The zero-order valence-electron chi connectivity index (χ0n) is 11.0. The molecule has 21 heavy (non-hydrogen) atoms. The molecule has 2 heterocycles. The van der Waals surface area contributed by atoms with Gasteiger partial charge in [0.15, 0.2) is 12.1 Å². The highest BCUT2D eigenvalue weighted by Gasteiger charge is 2.26. The number of para-hydroxylation sites is 2. The van der Waals surface area contributed by atoms with E-state index in [-0.39, 0.29) is 11.8 Å². The molecule has 104 valence electrons. The topological polar surface area (TPSA) is 68.2 Å². The Morgan fingerprint density at radius 3 is 2.71 bits per heavy atom. The first-order valence-electron chi connectivity index (χ1n) is 6.56. The number of rotatable bonds is 1. The summed E-state index contributed by atoms with van der Waals surface area (Å²) in [5.41, 5.74) is 7.97. The summed E-state index contributed by atoms with van der Waals surface area (Å²) in [4.78, 5) is 8.82. The van der Waals surface area contributed by atoms with Gasteiger partial charge in [-0.25, -0.2) is 14.4 Å². The molecule has 0 bridgehead atoms. The molecule has 6 heteroatoms. The lowest BCUT2D eigenvalue weighted by Crippen LogP contribution is -2.31. The van der Waals surface area contributed by atoms with Crippen LogP contribution in [0.15, 0.2) is 53.5 Å². The second-order valence-corrected chi connectivity index (χ2v) is 4.83. The summed E-state index contributed by atoms with van der Waals surface area (Å²) in [6.45, 7) is 0. The summed E-state index contributed by atoms with van der Waals surface area (Å²) < 4.78 is 16.0. The van der Waals surface area contributed by atoms with Crippen LogP contribution < -0.4 is 11.1 Å². The first-order valence-corrected chi connectivity index (χ1v) is 6.56. The van der Waals surface area contributed by atoms with Crippen molar-refractivity contribution < 1.29 is 4.39 Å². The average molecular weight is 281 g/mol. The average Bonchev–Trinajstić information content (AvgIpc) is 2.85. The Bertz CT molecular complexity index is 867. The van der Waals surface area contributed by atoms with Gasteiger partial charge in [0, 0.05) is 5.56 Å². The minimum Gasteiger partial charge on any atom is -0.370 e. The second-order valence-electron chi connectivity index (χ2n) is 4.83. The van der Waals surface area contributed by atoms with Crippen molar-refractivity contribution in [3.8, 4) is 0 Å². The lowest BCUT2D eigenvalue weighted by molar-refractivity contribution is 0.551. The van der Waals surface area contributed by atoms with E-state index >= 15 is 0 Å². The summed E-state index contributed by atoms with van der Waals surface area (Å²) in [6.07, 6.45) is -0.560. The van der Waals surface area contributed by atoms with Crippen LogP contribution in [0.25, 0.3) is 11.0 Å². The smallest absolute Gasteiger partial charge is 0.212 e. The number of benzene rings is 2. The molecule has 1 aliphatic heterocycles. The van der Waals surface area contributed by atoms with Crippen LogP contribution >= 0.6 is 0 Å². The Labute approximate surface area is 119 Å². The van der Waals surface area contributed by atoms with Gasteiger partial charge < -0.3 is 5.73 Å². The molecule has 0 saturated heterocycles. The molecular weight excluding hydrogens is 269 g/mol. The fraction of sp³-hybridized carbons (Fsp3) is 0.0667. The molecule has 0 amide bonds. The van der Waals surface area contributed by atoms with E-state index < -0.39 is 6.17 Å². The minimum absolute atomic E-state index is 0.228. The van der Waals surface area contributed by atoms with Crippen molar-refractivity contribution >= 4 is 22.9 Å². The molecule has 0 spiro atoms. The third-order valence-corrected chi connectivity index (χ3v) is 3.53. The molecular formula is C15H12FN5. The number of halogens is 1. The standard InChI is InChI=1S/C15H12FN5/c16-10-6-2-1-5-9(10)13-19-14(17)20-15-18-11-7-3-4-8-12(11)21(13)15/h1-8,13H,(H3,17,18,19,20)/t13-/m0/s1. The number of aromatic nitrogens is 2. The fourth-order valence-electron chi connectivity index (χ4n) is 2.61. The summed E-state index contributed by atoms with van der Waals surface area (Å²) in [5.74, 6) is 0.479. The van der Waals surface area contributed by atoms with Gasteiger partial charge in [-0.15, -0.1) is 0 Å². The maximum absolute atomic E-state index is 14.1. The molecule has 4 rings (SSSR count). The number of hydrogen-bond donors (Lipinski definition) is 2. The van der Waals surface area contributed by atoms with Crippen molar-refractivity contribution in [2.45, 2.75) is 6.17 Å². The zero-order valence-corrected chi connectivity index (χ0v) is 11.0. The lowest BCUT2D eigenvalue weighted by atomic mass is 10.1. The number of imidazole rings is 1. The van der Waals surface area contributed by atoms with E-state index in [2.05, 4.69) is 15.3 Å². The molecule has 3 aromatic rings. The van der Waals surface area contributed by atoms with Crippen molar-refractivity contribution in [1.29, 1.82) is 0 Å². The molecule has 1 atom stereocenters. The molecule has 5 nitrogen and oxygen atoms in total. The first-order chi connectivity index (χ1) is 10.2. The molecule has 1 aliphatic rings. The molecule has 1 aromatic heterocycles. The highest BCUT2D eigenvalue weighted by atomic mass is 19.1. The predicted octanol–water partition coefficient (Wildman–Crippen LogP) is 2.46. The van der Waals surface area contributed by atoms with Crippen molar-refractivity contribution in [1.82, 2.24) is 9.55 Å². The van der Waals surface area contributed by atoms with Crippen LogP contribution in [0.5, 0.6) is 0 Å². The van der Waals surface area contributed by atoms with Crippen LogP contribution in [0.3, 0.4) is 0 Å². The highest BCUT2D eigenvalue weighted by Crippen LogP contribution is 2.33. The van der Waals surface area contributed by atoms with Crippen LogP contribution in [0.1, 0.15) is 11.7 Å². The van der Waals surface area contributed by atoms with Crippen molar-refractivity contribution in [3.05, 3.63) is 59.9 Å². The van der Waals surface area contributed by atoms with Gasteiger partial charge in [0.1, 0.15) is 5.82 Å². The van der Waals surface area contributed by atoms with Gasteiger partial charge in [-0.1, -0.05) is 30.3 Å². The van der Waals surface area contributed by atoms with Crippen LogP contribution in [0.2, 0.25) is 0 Å². The Morgan fingerprint density at radius 2 is 1.86 bits per heavy atom. The molecule has 0 fully saturated rings. The highest BCUT2D eigenvalue weighted by molar-refractivity contribution is 5.94.